The fraction of sp³-hybridized carbons (Fsp3) is 0.900. The summed E-state index contributed by atoms with van der Waals surface area (Å²) in [6.45, 7) is 1.52. The SMILES string of the molecule is O=C(CCCCO)N1CCC(O)CC1. The molecule has 0 aromatic carbocycles. The van der Waals surface area contributed by atoms with Crippen LogP contribution in [0.2, 0.25) is 0 Å². The molecule has 4 heteroatoms. The lowest BCUT2D eigenvalue weighted by Crippen LogP contribution is -2.39. The topological polar surface area (TPSA) is 60.8 Å². The summed E-state index contributed by atoms with van der Waals surface area (Å²) in [6.07, 6.45) is 3.15. The number of unbranched alkanes of at least 4 members (excludes halogenated alkanes) is 1. The largest absolute Gasteiger partial charge is 0.396 e. The van der Waals surface area contributed by atoms with Gasteiger partial charge in [0.1, 0.15) is 0 Å². The molecule has 0 aromatic rings. The molecule has 0 radical (unpaired) electrons. The lowest BCUT2D eigenvalue weighted by Gasteiger charge is -2.29. The van der Waals surface area contributed by atoms with Gasteiger partial charge in [0, 0.05) is 26.1 Å². The smallest absolute Gasteiger partial charge is 0.222 e. The summed E-state index contributed by atoms with van der Waals surface area (Å²) >= 11 is 0. The van der Waals surface area contributed by atoms with Crippen molar-refractivity contribution in [2.75, 3.05) is 19.7 Å². The zero-order chi connectivity index (χ0) is 10.4. The summed E-state index contributed by atoms with van der Waals surface area (Å²) in [5.74, 6) is 0.158. The molecule has 0 bridgehead atoms. The Morgan fingerprint density at radius 1 is 1.29 bits per heavy atom. The fourth-order valence-corrected chi connectivity index (χ4v) is 1.66. The molecule has 0 unspecified atom stereocenters. The van der Waals surface area contributed by atoms with Crippen LogP contribution in [0.1, 0.15) is 32.1 Å². The molecule has 1 aliphatic heterocycles. The zero-order valence-electron chi connectivity index (χ0n) is 8.48. The normalized spacial score (nSPS) is 18.6. The van der Waals surface area contributed by atoms with Crippen molar-refractivity contribution in [3.63, 3.8) is 0 Å². The molecule has 2 N–H and O–H groups in total. The molecule has 1 amide bonds. The second kappa shape index (κ2) is 5.98. The van der Waals surface area contributed by atoms with Crippen molar-refractivity contribution in [3.05, 3.63) is 0 Å². The highest BCUT2D eigenvalue weighted by Gasteiger charge is 2.20. The summed E-state index contributed by atoms with van der Waals surface area (Å²) in [5.41, 5.74) is 0. The molecule has 0 aromatic heterocycles. The molecule has 1 rings (SSSR count). The van der Waals surface area contributed by atoms with E-state index in [0.29, 0.717) is 38.8 Å². The van der Waals surface area contributed by atoms with Crippen LogP contribution in [0.3, 0.4) is 0 Å². The third-order valence-electron chi connectivity index (χ3n) is 2.62. The van der Waals surface area contributed by atoms with E-state index >= 15 is 0 Å². The van der Waals surface area contributed by atoms with Crippen molar-refractivity contribution in [2.45, 2.75) is 38.2 Å². The maximum atomic E-state index is 11.5. The van der Waals surface area contributed by atoms with Gasteiger partial charge >= 0.3 is 0 Å². The van der Waals surface area contributed by atoms with Crippen LogP contribution >= 0.6 is 0 Å². The van der Waals surface area contributed by atoms with E-state index in [1.807, 2.05) is 4.90 Å². The Kier molecular flexibility index (Phi) is 4.90. The second-order valence-electron chi connectivity index (χ2n) is 3.79. The zero-order valence-corrected chi connectivity index (χ0v) is 8.48. The van der Waals surface area contributed by atoms with Gasteiger partial charge in [-0.1, -0.05) is 0 Å². The Morgan fingerprint density at radius 3 is 2.50 bits per heavy atom. The molecule has 1 heterocycles. The quantitative estimate of drug-likeness (QED) is 0.636. The third kappa shape index (κ3) is 3.64. The van der Waals surface area contributed by atoms with Crippen LogP contribution in [0.5, 0.6) is 0 Å². The predicted molar refractivity (Wildman–Crippen MR) is 52.8 cm³/mol. The molecule has 4 nitrogen and oxygen atoms in total. The van der Waals surface area contributed by atoms with Crippen molar-refractivity contribution in [1.29, 1.82) is 0 Å². The molecule has 1 aliphatic rings. The van der Waals surface area contributed by atoms with Crippen LogP contribution in [-0.4, -0.2) is 46.8 Å². The molecule has 1 saturated heterocycles. The number of rotatable bonds is 4. The standard InChI is InChI=1S/C10H19NO3/c12-8-2-1-3-10(14)11-6-4-9(13)5-7-11/h9,12-13H,1-8H2. The fourth-order valence-electron chi connectivity index (χ4n) is 1.66. The number of aliphatic hydroxyl groups excluding tert-OH is 2. The first-order valence-electron chi connectivity index (χ1n) is 5.30. The molecule has 0 saturated carbocycles. The van der Waals surface area contributed by atoms with E-state index in [4.69, 9.17) is 5.11 Å². The highest BCUT2D eigenvalue weighted by molar-refractivity contribution is 5.76. The molecule has 14 heavy (non-hydrogen) atoms. The average molecular weight is 201 g/mol. The number of nitrogens with zero attached hydrogens (tertiary/aromatic N) is 1. The van der Waals surface area contributed by atoms with Gasteiger partial charge in [0.15, 0.2) is 0 Å². The van der Waals surface area contributed by atoms with Crippen molar-refractivity contribution < 1.29 is 15.0 Å². The number of carbonyl (C=O) groups is 1. The Balaban J connectivity index is 2.17. The summed E-state index contributed by atoms with van der Waals surface area (Å²) in [7, 11) is 0. The van der Waals surface area contributed by atoms with E-state index in [2.05, 4.69) is 0 Å². The summed E-state index contributed by atoms with van der Waals surface area (Å²) < 4.78 is 0. The van der Waals surface area contributed by atoms with Gasteiger partial charge in [0.05, 0.1) is 6.10 Å². The number of piperidine rings is 1. The molecule has 82 valence electrons. The first kappa shape index (κ1) is 11.5. The summed E-state index contributed by atoms with van der Waals surface area (Å²) in [6, 6.07) is 0. The molecular weight excluding hydrogens is 182 g/mol. The first-order valence-corrected chi connectivity index (χ1v) is 5.30. The van der Waals surface area contributed by atoms with Gasteiger partial charge in [0.25, 0.3) is 0 Å². The number of amides is 1. The van der Waals surface area contributed by atoms with Crippen LogP contribution in [-0.2, 0) is 4.79 Å². The third-order valence-corrected chi connectivity index (χ3v) is 2.62. The van der Waals surface area contributed by atoms with E-state index in [1.165, 1.54) is 0 Å². The number of aliphatic hydroxyl groups is 2. The Labute approximate surface area is 84.5 Å². The Bertz CT molecular complexity index is 176. The van der Waals surface area contributed by atoms with Crippen molar-refractivity contribution >= 4 is 5.91 Å². The van der Waals surface area contributed by atoms with Gasteiger partial charge in [-0.2, -0.15) is 0 Å². The highest BCUT2D eigenvalue weighted by atomic mass is 16.3. The predicted octanol–water partition coefficient (Wildman–Crippen LogP) is 0.132. The van der Waals surface area contributed by atoms with Crippen molar-refractivity contribution in [1.82, 2.24) is 4.90 Å². The maximum Gasteiger partial charge on any atom is 0.222 e. The molecule has 0 atom stereocenters. The van der Waals surface area contributed by atoms with Crippen LogP contribution in [0.15, 0.2) is 0 Å². The first-order chi connectivity index (χ1) is 6.74. The second-order valence-corrected chi connectivity index (χ2v) is 3.79. The van der Waals surface area contributed by atoms with Gasteiger partial charge in [-0.15, -0.1) is 0 Å². The Hall–Kier alpha value is -0.610. The number of carbonyl (C=O) groups excluding carboxylic acids is 1. The van der Waals surface area contributed by atoms with E-state index in [9.17, 15) is 9.90 Å². The summed E-state index contributed by atoms with van der Waals surface area (Å²) in [5, 5.41) is 17.8. The lowest BCUT2D eigenvalue weighted by atomic mass is 10.1. The van der Waals surface area contributed by atoms with E-state index in [0.717, 1.165) is 6.42 Å². The van der Waals surface area contributed by atoms with Gasteiger partial charge in [0.2, 0.25) is 5.91 Å². The van der Waals surface area contributed by atoms with E-state index in [1.54, 1.807) is 0 Å². The maximum absolute atomic E-state index is 11.5. The Morgan fingerprint density at radius 2 is 1.93 bits per heavy atom. The van der Waals surface area contributed by atoms with Crippen LogP contribution in [0.25, 0.3) is 0 Å². The van der Waals surface area contributed by atoms with Crippen LogP contribution in [0.4, 0.5) is 0 Å². The van der Waals surface area contributed by atoms with Crippen LogP contribution < -0.4 is 0 Å². The van der Waals surface area contributed by atoms with E-state index in [-0.39, 0.29) is 18.6 Å². The van der Waals surface area contributed by atoms with Gasteiger partial charge in [-0.3, -0.25) is 4.79 Å². The molecule has 1 fully saturated rings. The van der Waals surface area contributed by atoms with Gasteiger partial charge in [-0.05, 0) is 25.7 Å². The summed E-state index contributed by atoms with van der Waals surface area (Å²) in [4.78, 5) is 13.4. The van der Waals surface area contributed by atoms with Crippen LogP contribution in [0, 0.1) is 0 Å². The minimum atomic E-state index is -0.225. The lowest BCUT2D eigenvalue weighted by molar-refractivity contribution is -0.133. The van der Waals surface area contributed by atoms with Crippen molar-refractivity contribution in [2.24, 2.45) is 0 Å². The highest BCUT2D eigenvalue weighted by Crippen LogP contribution is 2.11. The molecule has 0 spiro atoms. The number of likely N-dealkylation sites (tertiary alicyclic amines) is 1. The number of hydrogen-bond acceptors (Lipinski definition) is 3. The monoisotopic (exact) mass is 201 g/mol. The number of hydrogen-bond donors (Lipinski definition) is 2. The minimum absolute atomic E-state index is 0.158. The minimum Gasteiger partial charge on any atom is -0.396 e. The van der Waals surface area contributed by atoms with Crippen molar-refractivity contribution in [3.8, 4) is 0 Å². The van der Waals surface area contributed by atoms with Gasteiger partial charge in [-0.25, -0.2) is 0 Å². The molecular formula is C10H19NO3. The average Bonchev–Trinajstić information content (AvgIpc) is 2.19. The molecule has 0 aliphatic carbocycles. The van der Waals surface area contributed by atoms with E-state index < -0.39 is 0 Å². The van der Waals surface area contributed by atoms with Gasteiger partial charge < -0.3 is 15.1 Å².